The van der Waals surface area contributed by atoms with Crippen molar-refractivity contribution >= 4 is 50.4 Å². The van der Waals surface area contributed by atoms with Crippen LogP contribution in [0.5, 0.6) is 0 Å². The number of piperidine rings is 1. The third-order valence-corrected chi connectivity index (χ3v) is 7.62. The van der Waals surface area contributed by atoms with E-state index in [1.54, 1.807) is 52.9 Å². The summed E-state index contributed by atoms with van der Waals surface area (Å²) in [6.07, 6.45) is 8.46. The molecule has 1 aliphatic heterocycles. The number of halogens is 1. The molecule has 11 heteroatoms. The van der Waals surface area contributed by atoms with E-state index in [1.807, 2.05) is 18.2 Å². The summed E-state index contributed by atoms with van der Waals surface area (Å²) < 4.78 is 18.0. The number of amides is 1. The third kappa shape index (κ3) is 4.44. The van der Waals surface area contributed by atoms with Gasteiger partial charge in [0, 0.05) is 40.0 Å². The molecule has 0 radical (unpaired) electrons. The van der Waals surface area contributed by atoms with E-state index < -0.39 is 11.7 Å². The topological polar surface area (TPSA) is 109 Å². The molecule has 1 atom stereocenters. The van der Waals surface area contributed by atoms with E-state index in [-0.39, 0.29) is 18.2 Å². The molecule has 5 aromatic rings. The Bertz CT molecular complexity index is 1660. The van der Waals surface area contributed by atoms with Gasteiger partial charge in [-0.1, -0.05) is 11.3 Å². The number of carbonyl (C=O) groups excluding carboxylic acids is 1. The lowest BCUT2D eigenvalue weighted by atomic mass is 10.0. The summed E-state index contributed by atoms with van der Waals surface area (Å²) in [4.78, 5) is 25.5. The Balaban J connectivity index is 1.41. The quantitative estimate of drug-likeness (QED) is 0.343. The maximum atomic E-state index is 15.6. The number of nitrogens with one attached hydrogen (secondary N) is 1. The standard InChI is InChI=1S/C27H24FN7O2S/c28-22-14-17(35-26-23(32-33-35)6-2-11-30-26)7-8-20(22)27(37)34(18-4-1-10-29-16-18)25-21-15-19(5-3-13-36)38-24(21)9-12-31-25/h2-3,5-9,11-12,14-15,18,29,36H,1,4,10,13,16H2/t18-/m1/s1. The van der Waals surface area contributed by atoms with Gasteiger partial charge in [-0.05, 0) is 61.9 Å². The van der Waals surface area contributed by atoms with E-state index >= 15 is 4.39 Å². The molecule has 38 heavy (non-hydrogen) atoms. The first-order valence-electron chi connectivity index (χ1n) is 12.3. The lowest BCUT2D eigenvalue weighted by Gasteiger charge is -2.34. The lowest BCUT2D eigenvalue weighted by Crippen LogP contribution is -2.49. The zero-order valence-electron chi connectivity index (χ0n) is 20.3. The summed E-state index contributed by atoms with van der Waals surface area (Å²) in [5.41, 5.74) is 1.46. The molecule has 9 nitrogen and oxygen atoms in total. The van der Waals surface area contributed by atoms with E-state index in [1.165, 1.54) is 16.8 Å². The molecule has 1 saturated heterocycles. The van der Waals surface area contributed by atoms with Gasteiger partial charge in [0.15, 0.2) is 5.65 Å². The van der Waals surface area contributed by atoms with Crippen molar-refractivity contribution in [3.63, 3.8) is 0 Å². The molecule has 1 aliphatic rings. The average Bonchev–Trinajstić information content (AvgIpc) is 3.57. The van der Waals surface area contributed by atoms with Crippen molar-refractivity contribution in [2.45, 2.75) is 18.9 Å². The van der Waals surface area contributed by atoms with Crippen molar-refractivity contribution in [3.05, 3.63) is 77.2 Å². The number of anilines is 1. The van der Waals surface area contributed by atoms with Crippen LogP contribution in [0.2, 0.25) is 0 Å². The Morgan fingerprint density at radius 2 is 2.16 bits per heavy atom. The number of aromatic nitrogens is 5. The van der Waals surface area contributed by atoms with Crippen molar-refractivity contribution in [2.24, 2.45) is 0 Å². The van der Waals surface area contributed by atoms with Gasteiger partial charge in [-0.25, -0.2) is 14.4 Å². The van der Waals surface area contributed by atoms with Crippen LogP contribution >= 0.6 is 11.3 Å². The Kier molecular flexibility index (Phi) is 6.62. The van der Waals surface area contributed by atoms with Gasteiger partial charge in [0.05, 0.1) is 23.9 Å². The molecule has 192 valence electrons. The van der Waals surface area contributed by atoms with Gasteiger partial charge in [0.1, 0.15) is 17.2 Å². The summed E-state index contributed by atoms with van der Waals surface area (Å²) in [6.45, 7) is 1.39. The van der Waals surface area contributed by atoms with Crippen LogP contribution in [-0.2, 0) is 0 Å². The van der Waals surface area contributed by atoms with Gasteiger partial charge in [0.2, 0.25) is 0 Å². The first-order chi connectivity index (χ1) is 18.6. The molecule has 4 aromatic heterocycles. The number of thiophene rings is 1. The highest BCUT2D eigenvalue weighted by Crippen LogP contribution is 2.35. The molecule has 0 saturated carbocycles. The number of aliphatic hydroxyl groups is 1. The second-order valence-electron chi connectivity index (χ2n) is 8.97. The van der Waals surface area contributed by atoms with Crippen LogP contribution in [0.1, 0.15) is 28.1 Å². The highest BCUT2D eigenvalue weighted by Gasteiger charge is 2.32. The Labute approximate surface area is 221 Å². The molecule has 0 aliphatic carbocycles. The molecular formula is C27H24FN7O2S. The van der Waals surface area contributed by atoms with Gasteiger partial charge < -0.3 is 10.4 Å². The highest BCUT2D eigenvalue weighted by molar-refractivity contribution is 7.19. The molecule has 0 bridgehead atoms. The predicted molar refractivity (Wildman–Crippen MR) is 145 cm³/mol. The number of nitrogens with zero attached hydrogens (tertiary/aromatic N) is 6. The fourth-order valence-electron chi connectivity index (χ4n) is 4.78. The molecule has 6 rings (SSSR count). The minimum Gasteiger partial charge on any atom is -0.392 e. The molecule has 1 amide bonds. The van der Waals surface area contributed by atoms with Crippen LogP contribution in [-0.4, -0.2) is 61.7 Å². The number of benzene rings is 1. The van der Waals surface area contributed by atoms with Gasteiger partial charge in [0.25, 0.3) is 5.91 Å². The second-order valence-corrected chi connectivity index (χ2v) is 10.1. The third-order valence-electron chi connectivity index (χ3n) is 6.55. The van der Waals surface area contributed by atoms with Crippen molar-refractivity contribution in [1.29, 1.82) is 0 Å². The van der Waals surface area contributed by atoms with Crippen LogP contribution in [0, 0.1) is 5.82 Å². The number of pyridine rings is 2. The van der Waals surface area contributed by atoms with Crippen molar-refractivity contribution < 1.29 is 14.3 Å². The Morgan fingerprint density at radius 1 is 1.24 bits per heavy atom. The molecule has 1 fully saturated rings. The predicted octanol–water partition coefficient (Wildman–Crippen LogP) is 3.97. The van der Waals surface area contributed by atoms with E-state index in [4.69, 9.17) is 0 Å². The normalized spacial score (nSPS) is 16.0. The highest BCUT2D eigenvalue weighted by atomic mass is 32.1. The fraction of sp³-hybridized carbons (Fsp3) is 0.222. The van der Waals surface area contributed by atoms with Crippen LogP contribution in [0.3, 0.4) is 0 Å². The maximum absolute atomic E-state index is 15.6. The van der Waals surface area contributed by atoms with Crippen molar-refractivity contribution in [3.8, 4) is 5.69 Å². The van der Waals surface area contributed by atoms with Crippen molar-refractivity contribution in [2.75, 3.05) is 24.6 Å². The number of rotatable bonds is 6. The zero-order chi connectivity index (χ0) is 26.1. The van der Waals surface area contributed by atoms with Gasteiger partial charge in [-0.15, -0.1) is 16.4 Å². The SMILES string of the molecule is O=C(c1ccc(-n2nnc3cccnc32)cc1F)N(c1nccc2sc(C=CCO)cc12)[C@@H]1CCCNC1. The number of hydrogen-bond acceptors (Lipinski definition) is 8. The summed E-state index contributed by atoms with van der Waals surface area (Å²) in [7, 11) is 0. The molecular weight excluding hydrogens is 505 g/mol. The summed E-state index contributed by atoms with van der Waals surface area (Å²) in [6, 6.07) is 11.6. The largest absolute Gasteiger partial charge is 0.392 e. The number of fused-ring (bicyclic) bond motifs is 2. The minimum absolute atomic E-state index is 0.0499. The van der Waals surface area contributed by atoms with E-state index in [0.29, 0.717) is 29.2 Å². The Hall–Kier alpha value is -4.06. The number of carbonyl (C=O) groups is 1. The maximum Gasteiger partial charge on any atom is 0.262 e. The molecule has 0 unspecified atom stereocenters. The van der Waals surface area contributed by atoms with Gasteiger partial charge >= 0.3 is 0 Å². The van der Waals surface area contributed by atoms with Gasteiger partial charge in [-0.3, -0.25) is 9.69 Å². The lowest BCUT2D eigenvalue weighted by molar-refractivity contribution is 0.0968. The first kappa shape index (κ1) is 24.3. The van der Waals surface area contributed by atoms with Crippen LogP contribution in [0.25, 0.3) is 33.0 Å². The summed E-state index contributed by atoms with van der Waals surface area (Å²) in [5.74, 6) is -0.621. The van der Waals surface area contributed by atoms with Crippen LogP contribution in [0.4, 0.5) is 10.2 Å². The van der Waals surface area contributed by atoms with Crippen LogP contribution < -0.4 is 10.2 Å². The molecule has 1 aromatic carbocycles. The number of aliphatic hydroxyl groups excluding tert-OH is 1. The first-order valence-corrected chi connectivity index (χ1v) is 13.1. The summed E-state index contributed by atoms with van der Waals surface area (Å²) >= 11 is 1.54. The van der Waals surface area contributed by atoms with Crippen LogP contribution in [0.15, 0.2) is 60.9 Å². The fourth-order valence-corrected chi connectivity index (χ4v) is 5.76. The minimum atomic E-state index is -0.662. The smallest absolute Gasteiger partial charge is 0.262 e. The second kappa shape index (κ2) is 10.4. The zero-order valence-corrected chi connectivity index (χ0v) is 21.1. The summed E-state index contributed by atoms with van der Waals surface area (Å²) in [5, 5.41) is 21.5. The van der Waals surface area contributed by atoms with Gasteiger partial charge in [-0.2, -0.15) is 4.68 Å². The number of hydrogen-bond donors (Lipinski definition) is 2. The Morgan fingerprint density at radius 3 is 2.97 bits per heavy atom. The van der Waals surface area contributed by atoms with E-state index in [9.17, 15) is 9.90 Å². The van der Waals surface area contributed by atoms with Crippen molar-refractivity contribution in [1.82, 2.24) is 30.3 Å². The van der Waals surface area contributed by atoms with E-state index in [2.05, 4.69) is 25.6 Å². The van der Waals surface area contributed by atoms with E-state index in [0.717, 1.165) is 34.3 Å². The average molecular weight is 530 g/mol. The molecule has 2 N–H and O–H groups in total. The molecule has 0 spiro atoms. The monoisotopic (exact) mass is 529 g/mol. The molecule has 5 heterocycles.